The van der Waals surface area contributed by atoms with E-state index in [-0.39, 0.29) is 35.4 Å². The van der Waals surface area contributed by atoms with Gasteiger partial charge in [-0.1, -0.05) is 0 Å². The van der Waals surface area contributed by atoms with Gasteiger partial charge < -0.3 is 15.1 Å². The molecule has 2 rings (SSSR count). The summed E-state index contributed by atoms with van der Waals surface area (Å²) in [6.45, 7) is 3.68. The number of halogens is 1. The summed E-state index contributed by atoms with van der Waals surface area (Å²) in [5.41, 5.74) is 0. The van der Waals surface area contributed by atoms with E-state index in [0.29, 0.717) is 25.6 Å². The lowest BCUT2D eigenvalue weighted by Crippen LogP contribution is -2.41. The first-order valence-electron chi connectivity index (χ1n) is 7.56. The Balaban J connectivity index is 0.00000312. The van der Waals surface area contributed by atoms with Gasteiger partial charge in [0.25, 0.3) is 0 Å². The van der Waals surface area contributed by atoms with E-state index in [1.54, 1.807) is 18.4 Å². The average molecular weight is 479 g/mol. The van der Waals surface area contributed by atoms with Crippen LogP contribution in [0, 0.1) is 0 Å². The van der Waals surface area contributed by atoms with Gasteiger partial charge in [-0.15, -0.1) is 24.0 Å². The van der Waals surface area contributed by atoms with E-state index in [1.165, 1.54) is 18.5 Å². The van der Waals surface area contributed by atoms with Gasteiger partial charge in [0.1, 0.15) is 17.2 Å². The van der Waals surface area contributed by atoms with Gasteiger partial charge in [-0.2, -0.15) is 0 Å². The lowest BCUT2D eigenvalue weighted by molar-refractivity contribution is 0.512. The molecule has 0 atom stereocenters. The fourth-order valence-electron chi connectivity index (χ4n) is 1.86. The van der Waals surface area contributed by atoms with Crippen LogP contribution in [0.3, 0.4) is 0 Å². The molecule has 2 aromatic rings. The Hall–Kier alpha value is -1.66. The lowest BCUT2D eigenvalue weighted by Gasteiger charge is -2.11. The number of aromatic nitrogens is 1. The van der Waals surface area contributed by atoms with Gasteiger partial charge in [0.05, 0.1) is 6.26 Å². The number of sulfonamides is 1. The van der Waals surface area contributed by atoms with E-state index in [2.05, 4.69) is 25.3 Å². The number of furan rings is 1. The van der Waals surface area contributed by atoms with Crippen molar-refractivity contribution in [2.75, 3.05) is 19.6 Å². The lowest BCUT2D eigenvalue weighted by atomic mass is 10.4. The Morgan fingerprint density at radius 1 is 1.24 bits per heavy atom. The van der Waals surface area contributed by atoms with Gasteiger partial charge >= 0.3 is 0 Å². The van der Waals surface area contributed by atoms with Crippen LogP contribution in [0.4, 0.5) is 0 Å². The molecule has 0 fully saturated rings. The smallest absolute Gasteiger partial charge is 0.242 e. The Morgan fingerprint density at radius 2 is 2.08 bits per heavy atom. The minimum atomic E-state index is -3.55. The SMILES string of the molecule is CCNC(=NCc1ccco1)NCCNS(=O)(=O)c1cccnc1.I. The van der Waals surface area contributed by atoms with Crippen molar-refractivity contribution < 1.29 is 12.8 Å². The Morgan fingerprint density at radius 3 is 2.72 bits per heavy atom. The van der Waals surface area contributed by atoms with E-state index in [0.717, 1.165) is 5.76 Å². The first-order valence-corrected chi connectivity index (χ1v) is 9.04. The zero-order chi connectivity index (χ0) is 17.3. The van der Waals surface area contributed by atoms with Crippen LogP contribution in [0.25, 0.3) is 0 Å². The molecular weight excluding hydrogens is 457 g/mol. The van der Waals surface area contributed by atoms with Crippen LogP contribution in [0.15, 0.2) is 57.2 Å². The van der Waals surface area contributed by atoms with E-state index < -0.39 is 10.0 Å². The predicted molar refractivity (Wildman–Crippen MR) is 106 cm³/mol. The van der Waals surface area contributed by atoms with E-state index in [4.69, 9.17) is 4.42 Å². The van der Waals surface area contributed by atoms with Gasteiger partial charge in [0.15, 0.2) is 5.96 Å². The molecule has 8 nitrogen and oxygen atoms in total. The molecule has 0 aliphatic carbocycles. The summed E-state index contributed by atoms with van der Waals surface area (Å²) in [5.74, 6) is 1.35. The molecule has 0 aromatic carbocycles. The second-order valence-electron chi connectivity index (χ2n) is 4.79. The molecule has 0 radical (unpaired) electrons. The zero-order valence-corrected chi connectivity index (χ0v) is 17.0. The van der Waals surface area contributed by atoms with E-state index >= 15 is 0 Å². The maximum Gasteiger partial charge on any atom is 0.242 e. The number of nitrogens with one attached hydrogen (secondary N) is 3. The molecule has 0 saturated heterocycles. The largest absolute Gasteiger partial charge is 0.467 e. The molecule has 138 valence electrons. The van der Waals surface area contributed by atoms with Crippen molar-refractivity contribution in [1.29, 1.82) is 0 Å². The maximum atomic E-state index is 12.0. The van der Waals surface area contributed by atoms with E-state index in [1.807, 2.05) is 13.0 Å². The van der Waals surface area contributed by atoms with Crippen LogP contribution in [-0.2, 0) is 16.6 Å². The number of pyridine rings is 1. The zero-order valence-electron chi connectivity index (χ0n) is 13.8. The van der Waals surface area contributed by atoms with Crippen LogP contribution >= 0.6 is 24.0 Å². The van der Waals surface area contributed by atoms with Gasteiger partial charge in [-0.05, 0) is 31.2 Å². The Kier molecular flexibility index (Phi) is 9.45. The third-order valence-corrected chi connectivity index (χ3v) is 4.42. The predicted octanol–water partition coefficient (Wildman–Crippen LogP) is 1.33. The molecular formula is C15H22IN5O3S. The van der Waals surface area contributed by atoms with Gasteiger partial charge in [0, 0.05) is 32.0 Å². The number of nitrogens with zero attached hydrogens (tertiary/aromatic N) is 2. The fraction of sp³-hybridized carbons (Fsp3) is 0.333. The van der Waals surface area contributed by atoms with Gasteiger partial charge in [-0.25, -0.2) is 18.1 Å². The summed E-state index contributed by atoms with van der Waals surface area (Å²) in [6, 6.07) is 6.72. The Labute approximate surface area is 164 Å². The molecule has 0 unspecified atom stereocenters. The third-order valence-electron chi connectivity index (χ3n) is 2.97. The maximum absolute atomic E-state index is 12.0. The number of aliphatic imine (C=N–C) groups is 1. The van der Waals surface area contributed by atoms with Gasteiger partial charge in [-0.3, -0.25) is 4.98 Å². The minimum Gasteiger partial charge on any atom is -0.467 e. The molecule has 3 N–H and O–H groups in total. The highest BCUT2D eigenvalue weighted by Gasteiger charge is 2.12. The van der Waals surface area contributed by atoms with Crippen molar-refractivity contribution in [1.82, 2.24) is 20.3 Å². The standard InChI is InChI=1S/C15H21N5O3S.HI/c1-2-17-15(19-11-13-5-4-10-23-13)18-8-9-20-24(21,22)14-6-3-7-16-12-14;/h3-7,10,12,20H,2,8-9,11H2,1H3,(H2,17,18,19);1H. The first-order chi connectivity index (χ1) is 11.6. The molecule has 2 heterocycles. The number of hydrogen-bond donors (Lipinski definition) is 3. The summed E-state index contributed by atoms with van der Waals surface area (Å²) in [6.07, 6.45) is 4.43. The summed E-state index contributed by atoms with van der Waals surface area (Å²) in [5, 5.41) is 6.15. The monoisotopic (exact) mass is 479 g/mol. The summed E-state index contributed by atoms with van der Waals surface area (Å²) >= 11 is 0. The van der Waals surface area contributed by atoms with Crippen LogP contribution in [0.5, 0.6) is 0 Å². The molecule has 0 aliphatic rings. The van der Waals surface area contributed by atoms with Crippen molar-refractivity contribution in [2.45, 2.75) is 18.4 Å². The normalized spacial score (nSPS) is 11.6. The first kappa shape index (κ1) is 21.4. The van der Waals surface area contributed by atoms with Crippen molar-refractivity contribution >= 4 is 40.0 Å². The van der Waals surface area contributed by atoms with Crippen molar-refractivity contribution in [3.63, 3.8) is 0 Å². The second-order valence-corrected chi connectivity index (χ2v) is 6.55. The molecule has 0 saturated carbocycles. The van der Waals surface area contributed by atoms with Gasteiger partial charge in [0.2, 0.25) is 10.0 Å². The van der Waals surface area contributed by atoms with Crippen LogP contribution in [0.2, 0.25) is 0 Å². The summed E-state index contributed by atoms with van der Waals surface area (Å²) in [4.78, 5) is 8.31. The van der Waals surface area contributed by atoms with E-state index in [9.17, 15) is 8.42 Å². The topological polar surface area (TPSA) is 109 Å². The molecule has 0 spiro atoms. The van der Waals surface area contributed by atoms with Crippen molar-refractivity contribution in [3.05, 3.63) is 48.7 Å². The number of guanidine groups is 1. The number of rotatable bonds is 8. The molecule has 0 aliphatic heterocycles. The average Bonchev–Trinajstić information content (AvgIpc) is 3.11. The molecule has 0 bridgehead atoms. The summed E-state index contributed by atoms with van der Waals surface area (Å²) in [7, 11) is -3.55. The second kappa shape index (κ2) is 11.1. The highest BCUT2D eigenvalue weighted by molar-refractivity contribution is 14.0. The molecule has 0 amide bonds. The highest BCUT2D eigenvalue weighted by atomic mass is 127. The molecule has 2 aromatic heterocycles. The fourth-order valence-corrected chi connectivity index (χ4v) is 2.85. The molecule has 10 heteroatoms. The van der Waals surface area contributed by atoms with Crippen LogP contribution < -0.4 is 15.4 Å². The van der Waals surface area contributed by atoms with Crippen LogP contribution in [0.1, 0.15) is 12.7 Å². The van der Waals surface area contributed by atoms with Crippen molar-refractivity contribution in [2.24, 2.45) is 4.99 Å². The summed E-state index contributed by atoms with van der Waals surface area (Å²) < 4.78 is 31.8. The minimum absolute atomic E-state index is 0. The quantitative estimate of drug-likeness (QED) is 0.228. The third kappa shape index (κ3) is 7.40. The number of hydrogen-bond acceptors (Lipinski definition) is 5. The highest BCUT2D eigenvalue weighted by Crippen LogP contribution is 2.04. The Bertz CT molecular complexity index is 736. The molecule has 25 heavy (non-hydrogen) atoms. The van der Waals surface area contributed by atoms with Crippen molar-refractivity contribution in [3.8, 4) is 0 Å². The van der Waals surface area contributed by atoms with Crippen LogP contribution in [-0.4, -0.2) is 39.0 Å².